The van der Waals surface area contributed by atoms with E-state index < -0.39 is 0 Å². The summed E-state index contributed by atoms with van der Waals surface area (Å²) in [5.74, 6) is 1.45. The van der Waals surface area contributed by atoms with E-state index in [0.717, 1.165) is 18.9 Å². The highest BCUT2D eigenvalue weighted by molar-refractivity contribution is 5.89. The summed E-state index contributed by atoms with van der Waals surface area (Å²) in [5, 5.41) is 3.28. The first-order valence-corrected chi connectivity index (χ1v) is 4.63. The van der Waals surface area contributed by atoms with Gasteiger partial charge in [0.25, 0.3) is 0 Å². The van der Waals surface area contributed by atoms with Gasteiger partial charge in [0.05, 0.1) is 6.54 Å². The molecule has 67 valence electrons. The van der Waals surface area contributed by atoms with Crippen molar-refractivity contribution in [3.8, 4) is 0 Å². The van der Waals surface area contributed by atoms with Crippen LogP contribution in [0.1, 0.15) is 18.4 Å². The quantitative estimate of drug-likeness (QED) is 0.721. The maximum Gasteiger partial charge on any atom is 0.104 e. The molecule has 1 N–H and O–H groups in total. The van der Waals surface area contributed by atoms with Crippen LogP contribution < -0.4 is 5.32 Å². The highest BCUT2D eigenvalue weighted by atomic mass is 15.1. The van der Waals surface area contributed by atoms with Crippen molar-refractivity contribution in [2.45, 2.75) is 12.8 Å². The van der Waals surface area contributed by atoms with E-state index in [1.807, 2.05) is 18.2 Å². The summed E-state index contributed by atoms with van der Waals surface area (Å²) in [6.45, 7) is 4.04. The van der Waals surface area contributed by atoms with Crippen molar-refractivity contribution < 1.29 is 0 Å². The van der Waals surface area contributed by atoms with Crippen molar-refractivity contribution in [1.82, 2.24) is 5.32 Å². The molecule has 1 aromatic rings. The van der Waals surface area contributed by atoms with E-state index in [0.29, 0.717) is 5.92 Å². The lowest BCUT2D eigenvalue weighted by molar-refractivity contribution is 0.918. The fourth-order valence-electron chi connectivity index (χ4n) is 1.53. The van der Waals surface area contributed by atoms with Gasteiger partial charge in [0.2, 0.25) is 0 Å². The van der Waals surface area contributed by atoms with Gasteiger partial charge in [-0.1, -0.05) is 31.2 Å². The predicted molar refractivity (Wildman–Crippen MR) is 54.0 cm³/mol. The molecule has 0 aromatic heterocycles. The molecule has 0 saturated heterocycles. The van der Waals surface area contributed by atoms with Crippen LogP contribution in [-0.4, -0.2) is 18.9 Å². The number of nitrogens with one attached hydrogen (secondary N) is 1. The smallest absolute Gasteiger partial charge is 0.104 e. The van der Waals surface area contributed by atoms with E-state index in [1.54, 1.807) is 0 Å². The van der Waals surface area contributed by atoms with Gasteiger partial charge in [0.15, 0.2) is 0 Å². The Hall–Kier alpha value is -1.31. The topological polar surface area (TPSA) is 24.4 Å². The first kappa shape index (κ1) is 8.30. The van der Waals surface area contributed by atoms with E-state index in [2.05, 4.69) is 29.4 Å². The highest BCUT2D eigenvalue weighted by Gasteiger charge is 2.14. The molecule has 13 heavy (non-hydrogen) atoms. The Morgan fingerprint density at radius 1 is 1.54 bits per heavy atom. The zero-order valence-electron chi connectivity index (χ0n) is 7.75. The van der Waals surface area contributed by atoms with Crippen molar-refractivity contribution in [3.63, 3.8) is 0 Å². The number of benzene rings is 1. The molecule has 1 unspecified atom stereocenters. The molecule has 1 aromatic carbocycles. The minimum Gasteiger partial charge on any atom is -0.371 e. The summed E-state index contributed by atoms with van der Waals surface area (Å²) in [6.07, 6.45) is 0. The Balaban J connectivity index is 2.17. The average molecular weight is 173 g/mol. The lowest BCUT2D eigenvalue weighted by Crippen LogP contribution is -2.23. The second-order valence-corrected chi connectivity index (χ2v) is 3.23. The zero-order chi connectivity index (χ0) is 9.10. The highest BCUT2D eigenvalue weighted by Crippen LogP contribution is 2.15. The first-order valence-electron chi connectivity index (χ1n) is 4.63. The fraction of sp³-hybridized carbons (Fsp3) is 0.364. The van der Waals surface area contributed by atoms with Gasteiger partial charge in [-0.15, -0.1) is 0 Å². The van der Waals surface area contributed by atoms with Crippen molar-refractivity contribution in [2.24, 2.45) is 4.99 Å². The normalized spacial score (nSPS) is 17.8. The number of rotatable bonds is 2. The summed E-state index contributed by atoms with van der Waals surface area (Å²) in [5.41, 5.74) is 1.20. The van der Waals surface area contributed by atoms with Gasteiger partial charge in [-0.2, -0.15) is 0 Å². The maximum absolute atomic E-state index is 4.40. The van der Waals surface area contributed by atoms with Crippen LogP contribution in [0.25, 0.3) is 0 Å². The molecule has 1 heterocycles. The lowest BCUT2D eigenvalue weighted by atomic mass is 10.0. The summed E-state index contributed by atoms with van der Waals surface area (Å²) in [7, 11) is 0. The molecule has 2 rings (SSSR count). The van der Waals surface area contributed by atoms with Crippen LogP contribution in [0.4, 0.5) is 0 Å². The standard InChI is InChI=1S/C11H13N2/c1-9(11-12-7-8-13-11)10-5-3-2-4-6-10/h2-5,9H,7-8H2,1H3,(H,12,13). The van der Waals surface area contributed by atoms with E-state index in [1.165, 1.54) is 5.56 Å². The minimum atomic E-state index is 0.351. The number of amidine groups is 1. The number of aliphatic imine (C=N–C) groups is 1. The largest absolute Gasteiger partial charge is 0.371 e. The molecule has 0 fully saturated rings. The molecule has 1 aliphatic heterocycles. The summed E-state index contributed by atoms with van der Waals surface area (Å²) in [6, 6.07) is 11.3. The zero-order valence-corrected chi connectivity index (χ0v) is 7.75. The molecule has 0 saturated carbocycles. The molecule has 0 bridgehead atoms. The van der Waals surface area contributed by atoms with Gasteiger partial charge in [-0.3, -0.25) is 4.99 Å². The third kappa shape index (κ3) is 1.72. The average Bonchev–Trinajstić information content (AvgIpc) is 2.71. The van der Waals surface area contributed by atoms with Crippen molar-refractivity contribution >= 4 is 5.84 Å². The van der Waals surface area contributed by atoms with Gasteiger partial charge in [-0.25, -0.2) is 0 Å². The second-order valence-electron chi connectivity index (χ2n) is 3.23. The number of nitrogens with zero attached hydrogens (tertiary/aromatic N) is 1. The van der Waals surface area contributed by atoms with Crippen LogP contribution in [0.5, 0.6) is 0 Å². The Bertz CT molecular complexity index is 303. The Morgan fingerprint density at radius 2 is 2.46 bits per heavy atom. The molecular formula is C11H13N2. The molecule has 1 aliphatic rings. The van der Waals surface area contributed by atoms with Crippen molar-refractivity contribution in [1.29, 1.82) is 0 Å². The van der Waals surface area contributed by atoms with Gasteiger partial charge < -0.3 is 5.32 Å². The number of hydrogen-bond donors (Lipinski definition) is 1. The van der Waals surface area contributed by atoms with Crippen LogP contribution >= 0.6 is 0 Å². The van der Waals surface area contributed by atoms with Crippen LogP contribution in [-0.2, 0) is 0 Å². The van der Waals surface area contributed by atoms with Crippen LogP contribution in [0, 0.1) is 6.07 Å². The molecule has 0 aliphatic carbocycles. The summed E-state index contributed by atoms with van der Waals surface area (Å²) in [4.78, 5) is 4.40. The predicted octanol–water partition coefficient (Wildman–Crippen LogP) is 1.59. The van der Waals surface area contributed by atoms with Crippen molar-refractivity contribution in [3.05, 3.63) is 35.9 Å². The van der Waals surface area contributed by atoms with E-state index in [9.17, 15) is 0 Å². The van der Waals surface area contributed by atoms with Crippen LogP contribution in [0.2, 0.25) is 0 Å². The molecule has 2 heteroatoms. The SMILES string of the molecule is CC(C1=NCCN1)c1[c]cccc1. The first-order chi connectivity index (χ1) is 6.38. The molecule has 0 spiro atoms. The van der Waals surface area contributed by atoms with Crippen molar-refractivity contribution in [2.75, 3.05) is 13.1 Å². The van der Waals surface area contributed by atoms with Gasteiger partial charge in [0, 0.05) is 12.5 Å². The third-order valence-electron chi connectivity index (χ3n) is 2.31. The summed E-state index contributed by atoms with van der Waals surface area (Å²) >= 11 is 0. The van der Waals surface area contributed by atoms with Gasteiger partial charge in [-0.05, 0) is 11.6 Å². The maximum atomic E-state index is 4.40. The Labute approximate surface area is 78.7 Å². The fourth-order valence-corrected chi connectivity index (χ4v) is 1.53. The van der Waals surface area contributed by atoms with E-state index in [-0.39, 0.29) is 0 Å². The van der Waals surface area contributed by atoms with Gasteiger partial charge >= 0.3 is 0 Å². The lowest BCUT2D eigenvalue weighted by Gasteiger charge is -2.11. The van der Waals surface area contributed by atoms with Crippen LogP contribution in [0.3, 0.4) is 0 Å². The molecule has 1 radical (unpaired) electrons. The molecule has 1 atom stereocenters. The second kappa shape index (κ2) is 3.60. The molecule has 2 nitrogen and oxygen atoms in total. The van der Waals surface area contributed by atoms with Crippen LogP contribution in [0.15, 0.2) is 29.3 Å². The number of hydrogen-bond acceptors (Lipinski definition) is 2. The third-order valence-corrected chi connectivity index (χ3v) is 2.31. The van der Waals surface area contributed by atoms with E-state index in [4.69, 9.17) is 0 Å². The van der Waals surface area contributed by atoms with E-state index >= 15 is 0 Å². The Kier molecular flexibility index (Phi) is 2.30. The Morgan fingerprint density at radius 3 is 3.08 bits per heavy atom. The molecular weight excluding hydrogens is 160 g/mol. The monoisotopic (exact) mass is 173 g/mol. The summed E-state index contributed by atoms with van der Waals surface area (Å²) < 4.78 is 0. The molecule has 0 amide bonds. The van der Waals surface area contributed by atoms with Gasteiger partial charge in [0.1, 0.15) is 5.84 Å². The minimum absolute atomic E-state index is 0.351.